The molecule has 3 heterocycles. The average molecular weight is 850 g/mol. The summed E-state index contributed by atoms with van der Waals surface area (Å²) in [6.07, 6.45) is -3.04. The van der Waals surface area contributed by atoms with E-state index in [4.69, 9.17) is 19.5 Å². The summed E-state index contributed by atoms with van der Waals surface area (Å²) in [5, 5.41) is 26.1. The molecule has 0 radical (unpaired) electrons. The molecule has 1 saturated heterocycles. The fourth-order valence-electron chi connectivity index (χ4n) is 4.54. The maximum atomic E-state index is 12.6. The number of allylic oxidation sites excluding steroid dienone is 1. The number of amides is 2. The van der Waals surface area contributed by atoms with Crippen molar-refractivity contribution in [2.75, 3.05) is 37.8 Å². The minimum Gasteiger partial charge on any atom is -0.386 e. The van der Waals surface area contributed by atoms with Gasteiger partial charge in [0.05, 0.1) is 19.5 Å². The van der Waals surface area contributed by atoms with Crippen LogP contribution in [0.5, 0.6) is 0 Å². The number of aliphatic hydroxyl groups excluding tert-OH is 2. The number of nitrogen functional groups attached to an aromatic ring is 1. The van der Waals surface area contributed by atoms with E-state index in [0.717, 1.165) is 29.0 Å². The van der Waals surface area contributed by atoms with Crippen molar-refractivity contribution >= 4 is 69.1 Å². The molecule has 28 heteroatoms. The third-order valence-electron chi connectivity index (χ3n) is 7.24. The number of fused-ring (bicyclic) bond motifs is 1. The van der Waals surface area contributed by atoms with Gasteiger partial charge >= 0.3 is 23.5 Å². The number of anilines is 1. The van der Waals surface area contributed by atoms with Crippen LogP contribution < -0.4 is 16.4 Å². The number of nitrogens with zero attached hydrogens (tertiary/aromatic N) is 4. The number of thioether (sulfide) groups is 1. The number of aliphatic hydroxyl groups is 2. The van der Waals surface area contributed by atoms with Crippen molar-refractivity contribution < 1.29 is 80.5 Å². The van der Waals surface area contributed by atoms with Crippen LogP contribution in [0.3, 0.4) is 0 Å². The predicted molar refractivity (Wildman–Crippen MR) is 187 cm³/mol. The molecule has 2 aromatic rings. The quantitative estimate of drug-likeness (QED) is 0.0439. The molecule has 0 spiro atoms. The molecule has 3 unspecified atom stereocenters. The van der Waals surface area contributed by atoms with Gasteiger partial charge < -0.3 is 50.9 Å². The van der Waals surface area contributed by atoms with E-state index in [0.29, 0.717) is 12.2 Å². The fourth-order valence-corrected chi connectivity index (χ4v) is 7.97. The van der Waals surface area contributed by atoms with Crippen molar-refractivity contribution in [2.45, 2.75) is 64.3 Å². The lowest BCUT2D eigenvalue weighted by Gasteiger charge is -2.30. The molecule has 0 bridgehead atoms. The Hall–Kier alpha value is -2.70. The van der Waals surface area contributed by atoms with E-state index in [1.165, 1.54) is 19.9 Å². The number of carbonyl (C=O) groups is 3. The van der Waals surface area contributed by atoms with E-state index in [1.807, 2.05) is 6.92 Å². The number of nitrogens with one attached hydrogen (secondary N) is 2. The molecule has 0 aromatic carbocycles. The first-order chi connectivity index (χ1) is 25.1. The second kappa shape index (κ2) is 19.4. The number of phosphoric acid groups is 3. The molecule has 1 aliphatic heterocycles. The highest BCUT2D eigenvalue weighted by Crippen LogP contribution is 2.61. The Kier molecular flexibility index (Phi) is 16.4. The molecule has 1 aliphatic rings. The molecule has 7 atom stereocenters. The lowest BCUT2D eigenvalue weighted by molar-refractivity contribution is -0.137. The van der Waals surface area contributed by atoms with Crippen LogP contribution in [0.1, 0.15) is 39.8 Å². The number of hydrogen-bond acceptors (Lipinski definition) is 18. The van der Waals surface area contributed by atoms with Crippen molar-refractivity contribution in [3.63, 3.8) is 0 Å². The van der Waals surface area contributed by atoms with E-state index in [-0.39, 0.29) is 41.6 Å². The van der Waals surface area contributed by atoms with Gasteiger partial charge in [0, 0.05) is 30.7 Å². The Bertz CT molecular complexity index is 1810. The van der Waals surface area contributed by atoms with Gasteiger partial charge in [-0.2, -0.15) is 4.31 Å². The molecule has 2 aromatic heterocycles. The highest BCUT2D eigenvalue weighted by atomic mass is 32.2. The number of hydrogen-bond donors (Lipinski definition) is 9. The van der Waals surface area contributed by atoms with Crippen LogP contribution in [0.15, 0.2) is 24.8 Å². The van der Waals surface area contributed by atoms with Crippen LogP contribution in [-0.4, -0.2) is 123 Å². The number of rotatable bonds is 21. The lowest BCUT2D eigenvalue weighted by atomic mass is 9.87. The first kappa shape index (κ1) is 45.7. The largest absolute Gasteiger partial charge is 0.481 e. The number of carbonyl (C=O) groups excluding carboxylic acids is 3. The van der Waals surface area contributed by atoms with Crippen LogP contribution in [0.4, 0.5) is 5.82 Å². The predicted octanol–water partition coefficient (Wildman–Crippen LogP) is -0.369. The SMILES string of the molecule is CC/C=C/C(=O)SCCNC(=O)CCNC(=O)C(O)C(C)(C)COP(=O)(O)OP(=O)(O)OC[C@@H]1O[C@H](n2cnc3c(N)ncnc32)[C@@H](O)[C@H]1OP(=O)(O)O. The van der Waals surface area contributed by atoms with Gasteiger partial charge in [-0.15, -0.1) is 0 Å². The normalized spacial score (nSPS) is 22.2. The number of nitrogens with two attached hydrogens (primary N) is 1. The molecule has 2 amide bonds. The average Bonchev–Trinajstić information content (AvgIpc) is 3.63. The third-order valence-corrected chi connectivity index (χ3v) is 11.2. The summed E-state index contributed by atoms with van der Waals surface area (Å²) < 4.78 is 62.0. The van der Waals surface area contributed by atoms with Crippen LogP contribution in [0.25, 0.3) is 11.2 Å². The van der Waals surface area contributed by atoms with Crippen LogP contribution in [-0.2, 0) is 50.7 Å². The second-order valence-corrected chi connectivity index (χ2v) is 17.4. The van der Waals surface area contributed by atoms with Crippen LogP contribution >= 0.6 is 35.2 Å². The van der Waals surface area contributed by atoms with Crippen molar-refractivity contribution in [1.82, 2.24) is 30.2 Å². The van der Waals surface area contributed by atoms with Gasteiger partial charge in [0.25, 0.3) is 0 Å². The molecule has 3 rings (SSSR count). The maximum Gasteiger partial charge on any atom is 0.481 e. The molecule has 0 saturated carbocycles. The highest BCUT2D eigenvalue weighted by molar-refractivity contribution is 8.14. The Labute approximate surface area is 311 Å². The molecule has 10 N–H and O–H groups in total. The minimum atomic E-state index is -5.57. The summed E-state index contributed by atoms with van der Waals surface area (Å²) in [4.78, 5) is 86.9. The van der Waals surface area contributed by atoms with Crippen molar-refractivity contribution in [3.8, 4) is 0 Å². The molecule has 24 nitrogen and oxygen atoms in total. The van der Waals surface area contributed by atoms with Crippen molar-refractivity contribution in [3.05, 3.63) is 24.8 Å². The van der Waals surface area contributed by atoms with Gasteiger partial charge in [-0.1, -0.05) is 38.6 Å². The Morgan fingerprint density at radius 1 is 1.09 bits per heavy atom. The summed E-state index contributed by atoms with van der Waals surface area (Å²) in [6, 6.07) is 0. The maximum absolute atomic E-state index is 12.6. The van der Waals surface area contributed by atoms with Crippen LogP contribution in [0, 0.1) is 5.41 Å². The zero-order valence-electron chi connectivity index (χ0n) is 28.9. The van der Waals surface area contributed by atoms with E-state index in [2.05, 4.69) is 34.4 Å². The summed E-state index contributed by atoms with van der Waals surface area (Å²) >= 11 is 1.02. The second-order valence-electron chi connectivity index (χ2n) is 12.0. The molecular formula is C26H42N7O17P3S. The monoisotopic (exact) mass is 849 g/mol. The lowest BCUT2D eigenvalue weighted by Crippen LogP contribution is -2.46. The number of phosphoric ester groups is 3. The summed E-state index contributed by atoms with van der Waals surface area (Å²) in [6.45, 7) is 2.37. The Morgan fingerprint density at radius 3 is 2.44 bits per heavy atom. The number of ether oxygens (including phenoxy) is 1. The van der Waals surface area contributed by atoms with Crippen molar-refractivity contribution in [1.29, 1.82) is 0 Å². The topological polar surface area (TPSA) is 364 Å². The molecule has 54 heavy (non-hydrogen) atoms. The van der Waals surface area contributed by atoms with Gasteiger partial charge in [0.15, 0.2) is 17.7 Å². The van der Waals surface area contributed by atoms with Gasteiger partial charge in [0.2, 0.25) is 16.9 Å². The fraction of sp³-hybridized carbons (Fsp3) is 0.615. The smallest absolute Gasteiger partial charge is 0.386 e. The third kappa shape index (κ3) is 13.8. The summed E-state index contributed by atoms with van der Waals surface area (Å²) in [5.74, 6) is -1.13. The summed E-state index contributed by atoms with van der Waals surface area (Å²) in [7, 11) is -16.4. The number of aromatic nitrogens is 4. The molecule has 0 aliphatic carbocycles. The van der Waals surface area contributed by atoms with E-state index in [1.54, 1.807) is 6.08 Å². The first-order valence-corrected chi connectivity index (χ1v) is 21.3. The molecular weight excluding hydrogens is 807 g/mol. The van der Waals surface area contributed by atoms with Crippen LogP contribution in [0.2, 0.25) is 0 Å². The van der Waals surface area contributed by atoms with Gasteiger partial charge in [-0.3, -0.25) is 32.5 Å². The van der Waals surface area contributed by atoms with Gasteiger partial charge in [-0.05, 0) is 12.5 Å². The molecule has 1 fully saturated rings. The van der Waals surface area contributed by atoms with Gasteiger partial charge in [0.1, 0.15) is 36.3 Å². The minimum absolute atomic E-state index is 0.0303. The standard InChI is InChI=1S/C26H42N7O17P3S/c1-4-5-6-17(35)54-10-9-28-16(34)7-8-29-24(38)21(37)26(2,3)12-47-53(44,45)50-52(42,43)46-11-15-20(49-51(39,40)41)19(36)25(48-15)33-14-32-18-22(27)30-13-31-23(18)33/h5-6,13-15,19-21,25,36-37H,4,7-12H2,1-3H3,(H,28,34)(H,29,38)(H,42,43)(H,44,45)(H2,27,30,31)(H2,39,40,41)/b6-5+/t15-,19-,20-,21?,25-/m0/s1. The van der Waals surface area contributed by atoms with E-state index < -0.39 is 84.6 Å². The first-order valence-electron chi connectivity index (χ1n) is 15.8. The number of imidazole rings is 1. The van der Waals surface area contributed by atoms with E-state index >= 15 is 0 Å². The molecule has 304 valence electrons. The zero-order chi connectivity index (χ0) is 40.5. The Balaban J connectivity index is 1.51. The Morgan fingerprint density at radius 2 is 1.78 bits per heavy atom. The zero-order valence-corrected chi connectivity index (χ0v) is 32.4. The highest BCUT2D eigenvalue weighted by Gasteiger charge is 2.50. The van der Waals surface area contributed by atoms with Crippen molar-refractivity contribution in [2.24, 2.45) is 5.41 Å². The van der Waals surface area contributed by atoms with E-state index in [9.17, 15) is 57.9 Å². The van der Waals surface area contributed by atoms with Gasteiger partial charge in [-0.25, -0.2) is 28.6 Å². The summed E-state index contributed by atoms with van der Waals surface area (Å²) in [5.41, 5.74) is 4.26.